The Morgan fingerprint density at radius 1 is 1.26 bits per heavy atom. The average Bonchev–Trinajstić information content (AvgIpc) is 2.77. The molecule has 170 valence electrons. The highest BCUT2D eigenvalue weighted by Gasteiger charge is 2.27. The zero-order valence-electron chi connectivity index (χ0n) is 19.0. The molecule has 1 heterocycles. The van der Waals surface area contributed by atoms with Gasteiger partial charge in [-0.2, -0.15) is 0 Å². The van der Waals surface area contributed by atoms with Crippen LogP contribution in [0.3, 0.4) is 0 Å². The van der Waals surface area contributed by atoms with E-state index in [1.54, 1.807) is 12.1 Å². The molecule has 31 heavy (non-hydrogen) atoms. The van der Waals surface area contributed by atoms with Gasteiger partial charge in [0.2, 0.25) is 0 Å². The maximum Gasteiger partial charge on any atom is 0.318 e. The van der Waals surface area contributed by atoms with E-state index in [0.29, 0.717) is 19.0 Å². The molecule has 6 heteroatoms. The molecule has 1 unspecified atom stereocenters. The van der Waals surface area contributed by atoms with E-state index in [-0.39, 0.29) is 24.0 Å². The van der Waals surface area contributed by atoms with E-state index >= 15 is 0 Å². The van der Waals surface area contributed by atoms with Crippen LogP contribution in [0.25, 0.3) is 0 Å². The molecule has 1 aliphatic heterocycles. The van der Waals surface area contributed by atoms with Crippen LogP contribution in [0.4, 0.5) is 9.18 Å². The van der Waals surface area contributed by atoms with Crippen molar-refractivity contribution in [1.29, 1.82) is 0 Å². The smallest absolute Gasteiger partial charge is 0.318 e. The molecular weight excluding hydrogens is 393 g/mol. The van der Waals surface area contributed by atoms with E-state index in [2.05, 4.69) is 49.3 Å². The molecule has 2 aliphatic rings. The number of halogens is 1. The van der Waals surface area contributed by atoms with Gasteiger partial charge in [0.15, 0.2) is 0 Å². The molecule has 0 spiro atoms. The van der Waals surface area contributed by atoms with Crippen LogP contribution in [0.1, 0.15) is 38.7 Å². The number of hydrogen-bond acceptors (Lipinski definition) is 3. The molecule has 1 saturated heterocycles. The Balaban J connectivity index is 1.57. The number of amides is 2. The molecule has 0 saturated carbocycles. The van der Waals surface area contributed by atoms with Crippen LogP contribution in [-0.2, 0) is 11.3 Å². The monoisotopic (exact) mass is 429 g/mol. The summed E-state index contributed by atoms with van der Waals surface area (Å²) < 4.78 is 19.2. The van der Waals surface area contributed by atoms with Crippen molar-refractivity contribution >= 4 is 6.03 Å². The van der Waals surface area contributed by atoms with Gasteiger partial charge in [0.1, 0.15) is 5.82 Å². The molecule has 2 amide bonds. The normalized spacial score (nSPS) is 20.0. The van der Waals surface area contributed by atoms with Gasteiger partial charge in [-0.05, 0) is 68.6 Å². The van der Waals surface area contributed by atoms with Crippen LogP contribution in [0.2, 0.25) is 0 Å². The topological polar surface area (TPSA) is 44.8 Å². The highest BCUT2D eigenvalue weighted by Crippen LogP contribution is 2.20. The lowest BCUT2D eigenvalue weighted by atomic mass is 10.0. The summed E-state index contributed by atoms with van der Waals surface area (Å²) in [7, 11) is 2.11. The number of ether oxygens (including phenoxy) is 1. The number of carbonyl (C=O) groups is 1. The molecule has 1 aromatic carbocycles. The predicted molar refractivity (Wildman–Crippen MR) is 122 cm³/mol. The minimum absolute atomic E-state index is 0.0636. The first-order valence-electron chi connectivity index (χ1n) is 11.4. The van der Waals surface area contributed by atoms with E-state index in [0.717, 1.165) is 50.1 Å². The van der Waals surface area contributed by atoms with Gasteiger partial charge >= 0.3 is 6.03 Å². The minimum atomic E-state index is -0.259. The summed E-state index contributed by atoms with van der Waals surface area (Å²) in [6, 6.07) is 6.55. The second-order valence-corrected chi connectivity index (χ2v) is 9.09. The Labute approximate surface area is 185 Å². The fourth-order valence-electron chi connectivity index (χ4n) is 3.95. The maximum atomic E-state index is 13.3. The molecular formula is C25H36FN3O2. The lowest BCUT2D eigenvalue weighted by Gasteiger charge is -2.37. The zero-order valence-corrected chi connectivity index (χ0v) is 19.0. The predicted octanol–water partition coefficient (Wildman–Crippen LogP) is 4.36. The number of nitrogens with one attached hydrogen (secondary N) is 1. The zero-order chi connectivity index (χ0) is 22.2. The van der Waals surface area contributed by atoms with Crippen LogP contribution < -0.4 is 5.32 Å². The maximum absolute atomic E-state index is 13.3. The number of likely N-dealkylation sites (tertiary alicyclic amines) is 1. The van der Waals surface area contributed by atoms with E-state index in [4.69, 9.17) is 4.74 Å². The molecule has 3 rings (SSSR count). The van der Waals surface area contributed by atoms with Gasteiger partial charge in [-0.15, -0.1) is 0 Å². The number of urea groups is 1. The first kappa shape index (κ1) is 23.5. The Morgan fingerprint density at radius 3 is 2.58 bits per heavy atom. The Morgan fingerprint density at radius 2 is 1.97 bits per heavy atom. The number of rotatable bonds is 8. The van der Waals surface area contributed by atoms with Gasteiger partial charge in [0.25, 0.3) is 0 Å². The fraction of sp³-hybridized carbons (Fsp3) is 0.560. The molecule has 1 aliphatic carbocycles. The summed E-state index contributed by atoms with van der Waals surface area (Å²) in [4.78, 5) is 17.3. The Hall–Kier alpha value is -2.18. The van der Waals surface area contributed by atoms with Crippen molar-refractivity contribution in [2.24, 2.45) is 5.92 Å². The van der Waals surface area contributed by atoms with E-state index in [1.165, 1.54) is 12.1 Å². The number of piperidine rings is 1. The van der Waals surface area contributed by atoms with Gasteiger partial charge in [0, 0.05) is 25.7 Å². The third-order valence-corrected chi connectivity index (χ3v) is 5.88. The first-order chi connectivity index (χ1) is 14.9. The van der Waals surface area contributed by atoms with Gasteiger partial charge in [0.05, 0.1) is 6.10 Å². The SMILES string of the molecule is CC(C)COC1C=CC(CNC(=O)N(Cc2ccc(F)cc2)C2CCN(C)CC2)=CC1. The van der Waals surface area contributed by atoms with Crippen LogP contribution in [0, 0.1) is 11.7 Å². The van der Waals surface area contributed by atoms with Gasteiger partial charge in [-0.1, -0.05) is 44.2 Å². The van der Waals surface area contributed by atoms with E-state index in [1.807, 2.05) is 4.90 Å². The largest absolute Gasteiger partial charge is 0.374 e. The second kappa shape index (κ2) is 11.4. The Kier molecular flexibility index (Phi) is 8.67. The summed E-state index contributed by atoms with van der Waals surface area (Å²) in [6.07, 6.45) is 9.13. The van der Waals surface area contributed by atoms with E-state index < -0.39 is 0 Å². The molecule has 1 aromatic rings. The van der Waals surface area contributed by atoms with Crippen molar-refractivity contribution < 1.29 is 13.9 Å². The van der Waals surface area contributed by atoms with Gasteiger partial charge < -0.3 is 19.9 Å². The van der Waals surface area contributed by atoms with Crippen LogP contribution in [-0.4, -0.2) is 61.3 Å². The van der Waals surface area contributed by atoms with Crippen molar-refractivity contribution in [3.63, 3.8) is 0 Å². The quantitative estimate of drug-likeness (QED) is 0.668. The summed E-state index contributed by atoms with van der Waals surface area (Å²) in [5, 5.41) is 3.10. The molecule has 5 nitrogen and oxygen atoms in total. The van der Waals surface area contributed by atoms with E-state index in [9.17, 15) is 9.18 Å². The van der Waals surface area contributed by atoms with Crippen molar-refractivity contribution in [3.05, 3.63) is 59.4 Å². The summed E-state index contributed by atoms with van der Waals surface area (Å²) in [5.41, 5.74) is 2.04. The lowest BCUT2D eigenvalue weighted by molar-refractivity contribution is 0.0661. The average molecular weight is 430 g/mol. The third-order valence-electron chi connectivity index (χ3n) is 5.88. The number of benzene rings is 1. The van der Waals surface area contributed by atoms with Gasteiger partial charge in [-0.25, -0.2) is 9.18 Å². The molecule has 1 fully saturated rings. The standard InChI is InChI=1S/C25H36FN3O2/c1-19(2)18-31-24-10-6-20(7-11-24)16-27-25(30)29(23-12-14-28(3)15-13-23)17-21-4-8-22(26)9-5-21/h4-10,19,23-24H,11-18H2,1-3H3,(H,27,30). The summed E-state index contributed by atoms with van der Waals surface area (Å²) >= 11 is 0. The fourth-order valence-corrected chi connectivity index (χ4v) is 3.95. The van der Waals surface area contributed by atoms with Crippen LogP contribution >= 0.6 is 0 Å². The van der Waals surface area contributed by atoms with Gasteiger partial charge in [-0.3, -0.25) is 0 Å². The Bertz CT molecular complexity index is 767. The third kappa shape index (κ3) is 7.47. The van der Waals surface area contributed by atoms with Crippen molar-refractivity contribution in [3.8, 4) is 0 Å². The summed E-state index contributed by atoms with van der Waals surface area (Å²) in [6.45, 7) is 7.98. The number of nitrogens with zero attached hydrogens (tertiary/aromatic N) is 2. The lowest BCUT2D eigenvalue weighted by Crippen LogP contribution is -2.50. The van der Waals surface area contributed by atoms with Crippen molar-refractivity contribution in [1.82, 2.24) is 15.1 Å². The van der Waals surface area contributed by atoms with Crippen LogP contribution in [0.15, 0.2) is 48.1 Å². The molecule has 0 aromatic heterocycles. The molecule has 0 bridgehead atoms. The van der Waals surface area contributed by atoms with Crippen LogP contribution in [0.5, 0.6) is 0 Å². The second-order valence-electron chi connectivity index (χ2n) is 9.09. The van der Waals surface area contributed by atoms with Crippen molar-refractivity contribution in [2.75, 3.05) is 33.3 Å². The number of carbonyl (C=O) groups excluding carboxylic acids is 1. The number of hydrogen-bond donors (Lipinski definition) is 1. The summed E-state index contributed by atoms with van der Waals surface area (Å²) in [5.74, 6) is 0.260. The van der Waals surface area contributed by atoms with Crippen molar-refractivity contribution in [2.45, 2.75) is 51.8 Å². The highest BCUT2D eigenvalue weighted by molar-refractivity contribution is 5.75. The molecule has 0 radical (unpaired) electrons. The molecule has 1 atom stereocenters. The molecule has 1 N–H and O–H groups in total. The minimum Gasteiger partial charge on any atom is -0.374 e. The first-order valence-corrected chi connectivity index (χ1v) is 11.4. The highest BCUT2D eigenvalue weighted by atomic mass is 19.1.